The highest BCUT2D eigenvalue weighted by Crippen LogP contribution is 1.89. The third-order valence-electron chi connectivity index (χ3n) is 0.221. The topological polar surface area (TPSA) is 64.1 Å². The third-order valence-corrected chi connectivity index (χ3v) is 0.533. The molecule has 0 saturated heterocycles. The minimum Gasteiger partial charge on any atom is -0.393 e. The second-order valence-corrected chi connectivity index (χ2v) is 1.94. The zero-order chi connectivity index (χ0) is 4.99. The first-order valence-electron chi connectivity index (χ1n) is 1.34. The Morgan fingerprint density at radius 2 is 2.33 bits per heavy atom. The van der Waals surface area contributed by atoms with Gasteiger partial charge in [0, 0.05) is 6.20 Å². The van der Waals surface area contributed by atoms with E-state index in [0.717, 1.165) is 0 Å². The van der Waals surface area contributed by atoms with E-state index in [0.29, 0.717) is 3.70 Å². The van der Waals surface area contributed by atoms with Crippen molar-refractivity contribution in [3.05, 3.63) is 9.90 Å². The van der Waals surface area contributed by atoms with Crippen LogP contribution in [-0.4, -0.2) is 0 Å². The van der Waals surface area contributed by atoms with Crippen LogP contribution in [0.3, 0.4) is 0 Å². The van der Waals surface area contributed by atoms with E-state index in [1.165, 1.54) is 6.20 Å². The van der Waals surface area contributed by atoms with Crippen molar-refractivity contribution in [2.75, 3.05) is 0 Å². The Morgan fingerprint density at radius 1 is 1.83 bits per heavy atom. The van der Waals surface area contributed by atoms with E-state index >= 15 is 0 Å². The molecule has 0 spiro atoms. The van der Waals surface area contributed by atoms with Crippen molar-refractivity contribution in [3.63, 3.8) is 0 Å². The van der Waals surface area contributed by atoms with Gasteiger partial charge in [-0.2, -0.15) is 0 Å². The average Bonchev–Trinajstić information content (AvgIpc) is 1.35. The van der Waals surface area contributed by atoms with Crippen LogP contribution in [0.15, 0.2) is 9.90 Å². The van der Waals surface area contributed by atoms with E-state index in [-0.39, 0.29) is 0 Å². The monoisotopic (exact) mass is 199 g/mol. The predicted molar refractivity (Wildman–Crippen MR) is 33.6 cm³/mol. The third kappa shape index (κ3) is 4.03. The molecule has 0 bridgehead atoms. The van der Waals surface area contributed by atoms with Gasteiger partial charge in [-0.05, 0) is 22.6 Å². The highest BCUT2D eigenvalue weighted by atomic mass is 127. The molecule has 0 aliphatic rings. The Hall–Kier alpha value is 0.0300. The number of halogens is 1. The first kappa shape index (κ1) is 6.03. The minimum atomic E-state index is 0.648. The highest BCUT2D eigenvalue weighted by Gasteiger charge is 1.68. The number of rotatable bonds is 1. The molecule has 0 aliphatic heterocycles. The molecule has 0 radical (unpaired) electrons. The molecule has 0 unspecified atom stereocenters. The summed E-state index contributed by atoms with van der Waals surface area (Å²) < 4.78 is 0.648. The predicted octanol–water partition coefficient (Wildman–Crippen LogP) is -0.358. The Morgan fingerprint density at radius 3 is 2.33 bits per heavy atom. The fourth-order valence-corrected chi connectivity index (χ4v) is 0.259. The number of nitrogens with two attached hydrogens (primary N) is 2. The summed E-state index contributed by atoms with van der Waals surface area (Å²) in [6.45, 7) is 0. The van der Waals surface area contributed by atoms with Crippen LogP contribution < -0.4 is 17.0 Å². The zero-order valence-electron chi connectivity index (χ0n) is 3.11. The van der Waals surface area contributed by atoms with Crippen molar-refractivity contribution in [2.24, 2.45) is 11.6 Å². The van der Waals surface area contributed by atoms with E-state index in [1.54, 1.807) is 0 Å². The number of hydrogen-bond acceptors (Lipinski definition) is 3. The van der Waals surface area contributed by atoms with Gasteiger partial charge in [0.25, 0.3) is 0 Å². The molecule has 0 aromatic carbocycles. The number of nitrogens with one attached hydrogen (secondary N) is 1. The Bertz CT molecular complexity index is 55.8. The molecule has 0 fully saturated rings. The van der Waals surface area contributed by atoms with Gasteiger partial charge in [-0.15, -0.1) is 0 Å². The molecule has 0 amide bonds. The van der Waals surface area contributed by atoms with Crippen molar-refractivity contribution in [1.29, 1.82) is 0 Å². The molecule has 5 N–H and O–H groups in total. The minimum absolute atomic E-state index is 0.648. The smallest absolute Gasteiger partial charge is 0.0879 e. The Kier molecular flexibility index (Phi) is 3.24. The van der Waals surface area contributed by atoms with Crippen molar-refractivity contribution in [1.82, 2.24) is 5.43 Å². The summed E-state index contributed by atoms with van der Waals surface area (Å²) in [5, 5.41) is 0. The highest BCUT2D eigenvalue weighted by molar-refractivity contribution is 14.1. The Balaban J connectivity index is 3.14. The van der Waals surface area contributed by atoms with Gasteiger partial charge in [0.1, 0.15) is 0 Å². The number of hydrogen-bond donors (Lipinski definition) is 3. The molecule has 0 atom stereocenters. The van der Waals surface area contributed by atoms with Crippen LogP contribution in [0.2, 0.25) is 0 Å². The standard InChI is InChI=1S/C2H6IN3/c3-2(4)1-6-5/h1,6H,4-5H2/b2-1-. The van der Waals surface area contributed by atoms with Crippen LogP contribution in [0.5, 0.6) is 0 Å². The van der Waals surface area contributed by atoms with E-state index in [1.807, 2.05) is 22.6 Å². The quantitative estimate of drug-likeness (QED) is 0.234. The fourth-order valence-electron chi connectivity index (χ4n) is 0.0796. The fraction of sp³-hybridized carbons (Fsp3) is 0. The Labute approximate surface area is 49.9 Å². The van der Waals surface area contributed by atoms with E-state index < -0.39 is 0 Å². The van der Waals surface area contributed by atoms with Crippen LogP contribution in [0.1, 0.15) is 0 Å². The van der Waals surface area contributed by atoms with Gasteiger partial charge in [-0.1, -0.05) is 0 Å². The van der Waals surface area contributed by atoms with Crippen molar-refractivity contribution >= 4 is 22.6 Å². The second kappa shape index (κ2) is 3.23. The lowest BCUT2D eigenvalue weighted by atomic mass is 11.0. The van der Waals surface area contributed by atoms with Gasteiger partial charge in [0.05, 0.1) is 3.70 Å². The molecule has 0 aromatic rings. The van der Waals surface area contributed by atoms with Crippen molar-refractivity contribution < 1.29 is 0 Å². The largest absolute Gasteiger partial charge is 0.393 e. The lowest BCUT2D eigenvalue weighted by Crippen LogP contribution is -2.14. The van der Waals surface area contributed by atoms with Gasteiger partial charge in [-0.3, -0.25) is 5.84 Å². The molecule has 0 saturated carbocycles. The number of hydrazine groups is 1. The molecule has 4 heteroatoms. The molecule has 0 rings (SSSR count). The van der Waals surface area contributed by atoms with Gasteiger partial charge >= 0.3 is 0 Å². The molecule has 36 valence electrons. The molecule has 0 aromatic heterocycles. The maximum Gasteiger partial charge on any atom is 0.0879 e. The first-order chi connectivity index (χ1) is 2.77. The summed E-state index contributed by atoms with van der Waals surface area (Å²) in [6.07, 6.45) is 1.50. The molecule has 6 heavy (non-hydrogen) atoms. The van der Waals surface area contributed by atoms with Crippen LogP contribution >= 0.6 is 22.6 Å². The van der Waals surface area contributed by atoms with Crippen LogP contribution in [-0.2, 0) is 0 Å². The summed E-state index contributed by atoms with van der Waals surface area (Å²) in [4.78, 5) is 0. The van der Waals surface area contributed by atoms with E-state index in [9.17, 15) is 0 Å². The summed E-state index contributed by atoms with van der Waals surface area (Å²) in [5.74, 6) is 4.82. The van der Waals surface area contributed by atoms with Crippen molar-refractivity contribution in [3.8, 4) is 0 Å². The molecular weight excluding hydrogens is 193 g/mol. The normalized spacial score (nSPS) is 11.3. The summed E-state index contributed by atoms with van der Waals surface area (Å²) in [7, 11) is 0. The maximum atomic E-state index is 5.11. The maximum absolute atomic E-state index is 5.11. The van der Waals surface area contributed by atoms with Crippen LogP contribution in [0.25, 0.3) is 0 Å². The molecule has 0 heterocycles. The second-order valence-electron chi connectivity index (χ2n) is 0.696. The summed E-state index contributed by atoms with van der Waals surface area (Å²) in [5.41, 5.74) is 7.38. The zero-order valence-corrected chi connectivity index (χ0v) is 5.27. The SMILES string of the molecule is NN/C=C(\N)I. The molecular formula is C2H6IN3. The van der Waals surface area contributed by atoms with Gasteiger partial charge < -0.3 is 11.2 Å². The molecule has 0 aliphatic carbocycles. The van der Waals surface area contributed by atoms with Crippen LogP contribution in [0, 0.1) is 0 Å². The van der Waals surface area contributed by atoms with Gasteiger partial charge in [0.2, 0.25) is 0 Å². The lowest BCUT2D eigenvalue weighted by Gasteiger charge is -1.83. The van der Waals surface area contributed by atoms with E-state index in [4.69, 9.17) is 11.6 Å². The molecule has 3 nitrogen and oxygen atoms in total. The first-order valence-corrected chi connectivity index (χ1v) is 2.42. The van der Waals surface area contributed by atoms with Gasteiger partial charge in [-0.25, -0.2) is 0 Å². The van der Waals surface area contributed by atoms with Crippen LogP contribution in [0.4, 0.5) is 0 Å². The van der Waals surface area contributed by atoms with Gasteiger partial charge in [0.15, 0.2) is 0 Å². The summed E-state index contributed by atoms with van der Waals surface area (Å²) in [6, 6.07) is 0. The van der Waals surface area contributed by atoms with E-state index in [2.05, 4.69) is 5.43 Å². The summed E-state index contributed by atoms with van der Waals surface area (Å²) >= 11 is 1.94. The van der Waals surface area contributed by atoms with Crippen molar-refractivity contribution in [2.45, 2.75) is 0 Å². The average molecular weight is 199 g/mol. The lowest BCUT2D eigenvalue weighted by molar-refractivity contribution is 0.962.